The molecule has 0 unspecified atom stereocenters. The SMILES string of the molecule is CC(C)(C)c1ccc(CN(Cc2ccccc2)S(=O)(=O)c2ccc(S(=O)(=O)N3CCCC3)cc2)cc1. The normalized spacial score (nSPS) is 15.4. The van der Waals surface area contributed by atoms with Crippen LogP contribution in [-0.2, 0) is 38.6 Å². The molecule has 0 aromatic heterocycles. The number of hydrogen-bond acceptors (Lipinski definition) is 4. The van der Waals surface area contributed by atoms with Gasteiger partial charge < -0.3 is 0 Å². The fourth-order valence-electron chi connectivity index (χ4n) is 4.34. The van der Waals surface area contributed by atoms with Crippen molar-refractivity contribution >= 4 is 20.0 Å². The van der Waals surface area contributed by atoms with Gasteiger partial charge in [-0.3, -0.25) is 0 Å². The van der Waals surface area contributed by atoms with E-state index in [4.69, 9.17) is 0 Å². The Hall–Kier alpha value is -2.52. The lowest BCUT2D eigenvalue weighted by atomic mass is 9.87. The van der Waals surface area contributed by atoms with E-state index in [1.165, 1.54) is 38.4 Å². The van der Waals surface area contributed by atoms with Gasteiger partial charge in [0.05, 0.1) is 9.79 Å². The van der Waals surface area contributed by atoms with Crippen molar-refractivity contribution in [2.45, 2.75) is 61.9 Å². The van der Waals surface area contributed by atoms with Crippen molar-refractivity contribution in [3.8, 4) is 0 Å². The first-order valence-electron chi connectivity index (χ1n) is 12.2. The van der Waals surface area contributed by atoms with Gasteiger partial charge in [0.25, 0.3) is 0 Å². The Labute approximate surface area is 215 Å². The van der Waals surface area contributed by atoms with Gasteiger partial charge in [-0.1, -0.05) is 75.4 Å². The van der Waals surface area contributed by atoms with E-state index in [0.717, 1.165) is 24.0 Å². The zero-order valence-electron chi connectivity index (χ0n) is 21.1. The summed E-state index contributed by atoms with van der Waals surface area (Å²) in [5, 5.41) is 0. The van der Waals surface area contributed by atoms with Crippen molar-refractivity contribution in [1.82, 2.24) is 8.61 Å². The summed E-state index contributed by atoms with van der Waals surface area (Å²) in [6.07, 6.45) is 1.69. The Morgan fingerprint density at radius 1 is 0.694 bits per heavy atom. The molecular formula is C28H34N2O4S2. The lowest BCUT2D eigenvalue weighted by Gasteiger charge is -2.24. The van der Waals surface area contributed by atoms with E-state index in [0.29, 0.717) is 13.1 Å². The molecule has 0 spiro atoms. The number of benzene rings is 3. The van der Waals surface area contributed by atoms with Gasteiger partial charge in [0.1, 0.15) is 0 Å². The molecule has 1 aliphatic heterocycles. The van der Waals surface area contributed by atoms with Crippen molar-refractivity contribution in [2.24, 2.45) is 0 Å². The lowest BCUT2D eigenvalue weighted by Crippen LogP contribution is -2.30. The third-order valence-electron chi connectivity index (χ3n) is 6.54. The summed E-state index contributed by atoms with van der Waals surface area (Å²) in [6.45, 7) is 7.83. The predicted molar refractivity (Wildman–Crippen MR) is 142 cm³/mol. The fraction of sp³-hybridized carbons (Fsp3) is 0.357. The van der Waals surface area contributed by atoms with E-state index >= 15 is 0 Å². The summed E-state index contributed by atoms with van der Waals surface area (Å²) in [7, 11) is -7.50. The van der Waals surface area contributed by atoms with Crippen LogP contribution in [0.25, 0.3) is 0 Å². The summed E-state index contributed by atoms with van der Waals surface area (Å²) < 4.78 is 56.2. The number of sulfonamides is 2. The zero-order valence-corrected chi connectivity index (χ0v) is 22.7. The first-order chi connectivity index (χ1) is 17.0. The molecule has 0 aliphatic carbocycles. The first kappa shape index (κ1) is 26.5. The molecule has 1 fully saturated rings. The largest absolute Gasteiger partial charge is 0.243 e. The standard InChI is InChI=1S/C28H34N2O4S2/c1-28(2,3)25-13-11-24(12-14-25)22-30(21-23-9-5-4-6-10-23)36(33,34)27-17-15-26(16-18-27)35(31,32)29-19-7-8-20-29/h4-6,9-18H,7-8,19-22H2,1-3H3. The molecule has 1 saturated heterocycles. The van der Waals surface area contributed by atoms with Crippen LogP contribution in [0.1, 0.15) is 50.3 Å². The van der Waals surface area contributed by atoms with Crippen molar-refractivity contribution in [1.29, 1.82) is 0 Å². The highest BCUT2D eigenvalue weighted by atomic mass is 32.2. The molecule has 6 nitrogen and oxygen atoms in total. The molecule has 0 amide bonds. The second kappa shape index (κ2) is 10.5. The Balaban J connectivity index is 1.63. The maximum absolute atomic E-state index is 13.8. The highest BCUT2D eigenvalue weighted by molar-refractivity contribution is 7.89. The summed E-state index contributed by atoms with van der Waals surface area (Å²) in [4.78, 5) is 0.195. The van der Waals surface area contributed by atoms with Crippen LogP contribution >= 0.6 is 0 Å². The predicted octanol–water partition coefficient (Wildman–Crippen LogP) is 5.16. The van der Waals surface area contributed by atoms with Crippen LogP contribution in [0.5, 0.6) is 0 Å². The summed E-state index contributed by atoms with van der Waals surface area (Å²) in [6, 6.07) is 23.1. The van der Waals surface area contributed by atoms with Crippen LogP contribution in [-0.4, -0.2) is 38.5 Å². The van der Waals surface area contributed by atoms with Gasteiger partial charge in [-0.2, -0.15) is 8.61 Å². The number of hydrogen-bond donors (Lipinski definition) is 0. The van der Waals surface area contributed by atoms with Crippen LogP contribution in [0.3, 0.4) is 0 Å². The van der Waals surface area contributed by atoms with Crippen molar-refractivity contribution in [2.75, 3.05) is 13.1 Å². The minimum Gasteiger partial charge on any atom is -0.207 e. The molecule has 0 radical (unpaired) electrons. The van der Waals surface area contributed by atoms with Gasteiger partial charge in [-0.15, -0.1) is 0 Å². The van der Waals surface area contributed by atoms with E-state index in [1.54, 1.807) is 0 Å². The summed E-state index contributed by atoms with van der Waals surface area (Å²) in [5.74, 6) is 0. The van der Waals surface area contributed by atoms with Crippen LogP contribution in [0, 0.1) is 0 Å². The molecule has 0 N–H and O–H groups in total. The minimum atomic E-state index is -3.89. The van der Waals surface area contributed by atoms with Crippen molar-refractivity contribution in [3.05, 3.63) is 95.6 Å². The van der Waals surface area contributed by atoms with Crippen LogP contribution in [0.2, 0.25) is 0 Å². The lowest BCUT2D eigenvalue weighted by molar-refractivity contribution is 0.401. The molecule has 0 saturated carbocycles. The number of nitrogens with zero attached hydrogens (tertiary/aromatic N) is 2. The second-order valence-electron chi connectivity index (χ2n) is 10.3. The molecule has 1 aliphatic rings. The molecule has 8 heteroatoms. The summed E-state index contributed by atoms with van der Waals surface area (Å²) in [5.41, 5.74) is 2.95. The third-order valence-corrected chi connectivity index (χ3v) is 10.3. The summed E-state index contributed by atoms with van der Waals surface area (Å²) >= 11 is 0. The van der Waals surface area contributed by atoms with Gasteiger partial charge in [0.15, 0.2) is 0 Å². The van der Waals surface area contributed by atoms with E-state index < -0.39 is 20.0 Å². The van der Waals surface area contributed by atoms with Gasteiger partial charge in [-0.05, 0) is 59.2 Å². The van der Waals surface area contributed by atoms with E-state index in [2.05, 4.69) is 20.8 Å². The monoisotopic (exact) mass is 526 g/mol. The van der Waals surface area contributed by atoms with Crippen LogP contribution in [0.15, 0.2) is 88.7 Å². The molecule has 3 aromatic rings. The molecular weight excluding hydrogens is 492 g/mol. The maximum atomic E-state index is 13.8. The van der Waals surface area contributed by atoms with Crippen LogP contribution < -0.4 is 0 Å². The Kier molecular flexibility index (Phi) is 7.71. The molecule has 0 atom stereocenters. The average Bonchev–Trinajstić information content (AvgIpc) is 3.40. The van der Waals surface area contributed by atoms with Crippen molar-refractivity contribution < 1.29 is 16.8 Å². The molecule has 1 heterocycles. The van der Waals surface area contributed by atoms with E-state index in [1.807, 2.05) is 54.6 Å². The maximum Gasteiger partial charge on any atom is 0.243 e. The third kappa shape index (κ3) is 5.89. The molecule has 192 valence electrons. The molecule has 3 aromatic carbocycles. The fourth-order valence-corrected chi connectivity index (χ4v) is 7.27. The minimum absolute atomic E-state index is 0.00544. The topological polar surface area (TPSA) is 74.8 Å². The van der Waals surface area contributed by atoms with E-state index in [9.17, 15) is 16.8 Å². The van der Waals surface area contributed by atoms with Gasteiger partial charge >= 0.3 is 0 Å². The Bertz CT molecular complexity index is 1370. The smallest absolute Gasteiger partial charge is 0.207 e. The van der Waals surface area contributed by atoms with E-state index in [-0.39, 0.29) is 28.3 Å². The van der Waals surface area contributed by atoms with Gasteiger partial charge in [0.2, 0.25) is 20.0 Å². The highest BCUT2D eigenvalue weighted by Gasteiger charge is 2.29. The highest BCUT2D eigenvalue weighted by Crippen LogP contribution is 2.27. The van der Waals surface area contributed by atoms with Crippen LogP contribution in [0.4, 0.5) is 0 Å². The quantitative estimate of drug-likeness (QED) is 0.406. The number of rotatable bonds is 8. The average molecular weight is 527 g/mol. The first-order valence-corrected chi connectivity index (χ1v) is 15.1. The van der Waals surface area contributed by atoms with Gasteiger partial charge in [-0.25, -0.2) is 16.8 Å². The molecule has 4 rings (SSSR count). The molecule has 0 bridgehead atoms. The molecule has 36 heavy (non-hydrogen) atoms. The second-order valence-corrected chi connectivity index (χ2v) is 14.2. The Morgan fingerprint density at radius 3 is 1.72 bits per heavy atom. The Morgan fingerprint density at radius 2 is 1.19 bits per heavy atom. The zero-order chi connectivity index (χ0) is 26.0. The van der Waals surface area contributed by atoms with Crippen molar-refractivity contribution in [3.63, 3.8) is 0 Å². The van der Waals surface area contributed by atoms with Gasteiger partial charge in [0, 0.05) is 26.2 Å².